The van der Waals surface area contributed by atoms with Crippen LogP contribution in [0.4, 0.5) is 5.82 Å². The molecular formula is C22H31N7. The summed E-state index contributed by atoms with van der Waals surface area (Å²) in [6, 6.07) is 12.4. The Morgan fingerprint density at radius 3 is 2.66 bits per heavy atom. The van der Waals surface area contributed by atoms with E-state index in [0.717, 1.165) is 36.2 Å². The van der Waals surface area contributed by atoms with Crippen LogP contribution in [0.3, 0.4) is 0 Å². The van der Waals surface area contributed by atoms with Crippen molar-refractivity contribution in [1.82, 2.24) is 20.4 Å². The topological polar surface area (TPSA) is 104 Å². The summed E-state index contributed by atoms with van der Waals surface area (Å²) >= 11 is 0. The fourth-order valence-corrected chi connectivity index (χ4v) is 3.80. The monoisotopic (exact) mass is 393 g/mol. The molecule has 1 heterocycles. The molecule has 1 aromatic carbocycles. The number of nitrogens with two attached hydrogens (primary N) is 1. The van der Waals surface area contributed by atoms with Crippen molar-refractivity contribution in [1.29, 1.82) is 5.26 Å². The van der Waals surface area contributed by atoms with Crippen LogP contribution < -0.4 is 16.4 Å². The lowest BCUT2D eigenvalue weighted by Gasteiger charge is -2.28. The number of aliphatic imine (C=N–C) groups is 1. The molecule has 0 aliphatic heterocycles. The van der Waals surface area contributed by atoms with Gasteiger partial charge >= 0.3 is 0 Å². The minimum atomic E-state index is 0.394. The second kappa shape index (κ2) is 9.97. The molecule has 4 N–H and O–H groups in total. The maximum absolute atomic E-state index is 9.52. The van der Waals surface area contributed by atoms with E-state index < -0.39 is 0 Å². The lowest BCUT2D eigenvalue weighted by atomic mass is 9.87. The molecular weight excluding hydrogens is 362 g/mol. The number of hydrogen-bond donors (Lipinski definition) is 3. The third-order valence-corrected chi connectivity index (χ3v) is 5.57. The fourth-order valence-electron chi connectivity index (χ4n) is 3.80. The number of para-hydroxylation sites is 1. The van der Waals surface area contributed by atoms with E-state index in [0.29, 0.717) is 23.8 Å². The SMILES string of the molecule is CN=C(NCCCc1nn(-c2ccccc2)c(N)c1C#N)NC1CCC(C)CC1. The van der Waals surface area contributed by atoms with E-state index in [1.165, 1.54) is 25.7 Å². The number of rotatable bonds is 6. The normalized spacial score (nSPS) is 19.6. The van der Waals surface area contributed by atoms with E-state index in [4.69, 9.17) is 5.73 Å². The Morgan fingerprint density at radius 2 is 2.00 bits per heavy atom. The predicted octanol–water partition coefficient (Wildman–Crippen LogP) is 3.00. The first-order valence-electron chi connectivity index (χ1n) is 10.4. The van der Waals surface area contributed by atoms with Gasteiger partial charge in [0.05, 0.1) is 11.4 Å². The highest BCUT2D eigenvalue weighted by atomic mass is 15.3. The summed E-state index contributed by atoms with van der Waals surface area (Å²) in [5.74, 6) is 2.07. The van der Waals surface area contributed by atoms with Crippen LogP contribution in [0.15, 0.2) is 35.3 Å². The minimum Gasteiger partial charge on any atom is -0.382 e. The number of benzene rings is 1. The van der Waals surface area contributed by atoms with Crippen LogP contribution in [-0.4, -0.2) is 35.4 Å². The average molecular weight is 394 g/mol. The van der Waals surface area contributed by atoms with Crippen molar-refractivity contribution in [2.24, 2.45) is 10.9 Å². The zero-order chi connectivity index (χ0) is 20.6. The average Bonchev–Trinajstić information content (AvgIpc) is 3.07. The molecule has 3 rings (SSSR count). The highest BCUT2D eigenvalue weighted by molar-refractivity contribution is 5.79. The molecule has 7 heteroatoms. The molecule has 0 radical (unpaired) electrons. The maximum Gasteiger partial charge on any atom is 0.191 e. The summed E-state index contributed by atoms with van der Waals surface area (Å²) in [4.78, 5) is 4.34. The third-order valence-electron chi connectivity index (χ3n) is 5.57. The summed E-state index contributed by atoms with van der Waals surface area (Å²) in [6.07, 6.45) is 6.46. The first kappa shape index (κ1) is 20.7. The highest BCUT2D eigenvalue weighted by Gasteiger charge is 2.19. The summed E-state index contributed by atoms with van der Waals surface area (Å²) in [7, 11) is 1.80. The van der Waals surface area contributed by atoms with Gasteiger partial charge in [0.2, 0.25) is 0 Å². The van der Waals surface area contributed by atoms with Crippen molar-refractivity contribution in [2.45, 2.75) is 51.5 Å². The van der Waals surface area contributed by atoms with E-state index in [9.17, 15) is 5.26 Å². The number of nitrogens with zero attached hydrogens (tertiary/aromatic N) is 4. The van der Waals surface area contributed by atoms with E-state index in [2.05, 4.69) is 33.7 Å². The van der Waals surface area contributed by atoms with Crippen molar-refractivity contribution < 1.29 is 0 Å². The molecule has 1 fully saturated rings. The summed E-state index contributed by atoms with van der Waals surface area (Å²) in [6.45, 7) is 3.08. The van der Waals surface area contributed by atoms with Gasteiger partial charge in [0.1, 0.15) is 17.5 Å². The lowest BCUT2D eigenvalue weighted by molar-refractivity contribution is 0.329. The molecule has 0 amide bonds. The number of hydrogen-bond acceptors (Lipinski definition) is 4. The van der Waals surface area contributed by atoms with Gasteiger partial charge in [-0.3, -0.25) is 4.99 Å². The molecule has 2 aromatic rings. The predicted molar refractivity (Wildman–Crippen MR) is 117 cm³/mol. The molecule has 1 saturated carbocycles. The van der Waals surface area contributed by atoms with Crippen LogP contribution in [0.1, 0.15) is 50.3 Å². The molecule has 1 aliphatic carbocycles. The minimum absolute atomic E-state index is 0.394. The van der Waals surface area contributed by atoms with Gasteiger partial charge in [0.15, 0.2) is 5.96 Å². The molecule has 0 bridgehead atoms. The Hall–Kier alpha value is -3.01. The molecule has 7 nitrogen and oxygen atoms in total. The summed E-state index contributed by atoms with van der Waals surface area (Å²) in [5.41, 5.74) is 8.23. The van der Waals surface area contributed by atoms with Crippen molar-refractivity contribution in [3.05, 3.63) is 41.6 Å². The molecule has 1 aromatic heterocycles. The van der Waals surface area contributed by atoms with Gasteiger partial charge in [-0.25, -0.2) is 4.68 Å². The van der Waals surface area contributed by atoms with Gasteiger partial charge < -0.3 is 16.4 Å². The van der Waals surface area contributed by atoms with E-state index in [1.54, 1.807) is 11.7 Å². The van der Waals surface area contributed by atoms with Crippen molar-refractivity contribution in [2.75, 3.05) is 19.3 Å². The number of guanidine groups is 1. The Morgan fingerprint density at radius 1 is 1.28 bits per heavy atom. The Labute approximate surface area is 173 Å². The van der Waals surface area contributed by atoms with Gasteiger partial charge in [0, 0.05) is 19.6 Å². The van der Waals surface area contributed by atoms with E-state index in [1.807, 2.05) is 30.3 Å². The largest absolute Gasteiger partial charge is 0.382 e. The van der Waals surface area contributed by atoms with Gasteiger partial charge in [-0.1, -0.05) is 25.1 Å². The molecule has 29 heavy (non-hydrogen) atoms. The number of aromatic nitrogens is 2. The first-order valence-corrected chi connectivity index (χ1v) is 10.4. The van der Waals surface area contributed by atoms with Crippen LogP contribution >= 0.6 is 0 Å². The maximum atomic E-state index is 9.52. The molecule has 154 valence electrons. The summed E-state index contributed by atoms with van der Waals surface area (Å²) < 4.78 is 1.64. The summed E-state index contributed by atoms with van der Waals surface area (Å²) in [5, 5.41) is 21.0. The molecule has 0 saturated heterocycles. The van der Waals surface area contributed by atoms with E-state index in [-0.39, 0.29) is 0 Å². The second-order valence-corrected chi connectivity index (χ2v) is 7.77. The van der Waals surface area contributed by atoms with Crippen LogP contribution in [-0.2, 0) is 6.42 Å². The standard InChI is InChI=1S/C22H31N7/c1-16-10-12-17(13-11-16)27-22(25-2)26-14-6-9-20-19(15-23)21(24)29(28-20)18-7-4-3-5-8-18/h3-5,7-8,16-17H,6,9-14,24H2,1-2H3,(H2,25,26,27). The quantitative estimate of drug-likeness (QED) is 0.398. The molecule has 1 aliphatic rings. The Bertz CT molecular complexity index is 855. The van der Waals surface area contributed by atoms with Crippen LogP contribution in [0.5, 0.6) is 0 Å². The number of nitrogen functional groups attached to an aromatic ring is 1. The smallest absolute Gasteiger partial charge is 0.191 e. The van der Waals surface area contributed by atoms with Gasteiger partial charge in [-0.2, -0.15) is 10.4 Å². The van der Waals surface area contributed by atoms with Crippen LogP contribution in [0.2, 0.25) is 0 Å². The van der Waals surface area contributed by atoms with Crippen molar-refractivity contribution in [3.8, 4) is 11.8 Å². The van der Waals surface area contributed by atoms with Crippen molar-refractivity contribution >= 4 is 11.8 Å². The van der Waals surface area contributed by atoms with Crippen LogP contribution in [0.25, 0.3) is 5.69 Å². The van der Waals surface area contributed by atoms with Crippen LogP contribution in [0, 0.1) is 17.2 Å². The number of aryl methyl sites for hydroxylation is 1. The fraction of sp³-hybridized carbons (Fsp3) is 0.500. The van der Waals surface area contributed by atoms with Gasteiger partial charge in [0.25, 0.3) is 0 Å². The first-order chi connectivity index (χ1) is 14.1. The number of nitrogens with one attached hydrogen (secondary N) is 2. The third kappa shape index (κ3) is 5.29. The number of nitriles is 1. The zero-order valence-electron chi connectivity index (χ0n) is 17.4. The Kier molecular flexibility index (Phi) is 7.12. The second-order valence-electron chi connectivity index (χ2n) is 7.77. The molecule has 0 atom stereocenters. The number of anilines is 1. The van der Waals surface area contributed by atoms with Crippen molar-refractivity contribution in [3.63, 3.8) is 0 Å². The van der Waals surface area contributed by atoms with E-state index >= 15 is 0 Å². The Balaban J connectivity index is 1.53. The highest BCUT2D eigenvalue weighted by Crippen LogP contribution is 2.23. The van der Waals surface area contributed by atoms with Gasteiger partial charge in [-0.15, -0.1) is 0 Å². The zero-order valence-corrected chi connectivity index (χ0v) is 17.4. The van der Waals surface area contributed by atoms with Gasteiger partial charge in [-0.05, 0) is 56.6 Å². The lowest BCUT2D eigenvalue weighted by Crippen LogP contribution is -2.45. The molecule has 0 unspecified atom stereocenters. The molecule has 0 spiro atoms.